The molecule has 0 saturated carbocycles. The second-order valence-electron chi connectivity index (χ2n) is 1.10. The van der Waals surface area contributed by atoms with Crippen LogP contribution in [0.4, 0.5) is 0 Å². The molecule has 0 aliphatic heterocycles. The Bertz CT molecular complexity index is 144. The molecule has 2 unspecified atom stereocenters. The molecule has 0 fully saturated rings. The van der Waals surface area contributed by atoms with Crippen LogP contribution in [-0.2, 0) is 11.1 Å². The maximum absolute atomic E-state index is 9.67. The van der Waals surface area contributed by atoms with Gasteiger partial charge in [-0.25, -0.2) is 0 Å². The van der Waals surface area contributed by atoms with Gasteiger partial charge in [0.05, 0.1) is 5.38 Å². The maximum atomic E-state index is 9.67. The quantitative estimate of drug-likeness (QED) is 0.287. The van der Waals surface area contributed by atoms with Crippen molar-refractivity contribution in [3.8, 4) is 11.2 Å². The van der Waals surface area contributed by atoms with E-state index in [1.807, 2.05) is 5.25 Å². The van der Waals surface area contributed by atoms with Gasteiger partial charge in [-0.2, -0.15) is 0 Å². The van der Waals surface area contributed by atoms with Crippen molar-refractivity contribution in [2.75, 3.05) is 0 Å². The average molecular weight is 152 g/mol. The number of hydrogen-bond acceptors (Lipinski definition) is 2. The highest BCUT2D eigenvalue weighted by Gasteiger charge is 1.81. The van der Waals surface area contributed by atoms with Crippen LogP contribution in [0.3, 0.4) is 0 Å². The minimum absolute atomic E-state index is 0.395. The van der Waals surface area contributed by atoms with E-state index < -0.39 is 16.5 Å². The normalized spacial score (nSPS) is 15.9. The van der Waals surface area contributed by atoms with Crippen LogP contribution < -0.4 is 0 Å². The Morgan fingerprint density at radius 3 is 2.50 bits per heavy atom. The summed E-state index contributed by atoms with van der Waals surface area (Å²) in [5.41, 5.74) is 0. The summed E-state index contributed by atoms with van der Waals surface area (Å²) in [4.78, 5) is 0. The van der Waals surface area contributed by atoms with Crippen LogP contribution in [0.2, 0.25) is 0 Å². The standard InChI is InChI=1S/C4H5ClO2S/c1-4(5)2-3-8(6)7/h4H,1H3,(H,6,7)/p-1. The third-order valence-electron chi connectivity index (χ3n) is 0.341. The number of alkyl halides is 1. The van der Waals surface area contributed by atoms with Crippen molar-refractivity contribution in [3.05, 3.63) is 0 Å². The number of hydrogen-bond donors (Lipinski definition) is 0. The Balaban J connectivity index is 3.68. The molecule has 0 spiro atoms. The molecule has 0 heterocycles. The van der Waals surface area contributed by atoms with Crippen LogP contribution in [-0.4, -0.2) is 14.1 Å². The van der Waals surface area contributed by atoms with Crippen LogP contribution in [0.25, 0.3) is 0 Å². The lowest BCUT2D eigenvalue weighted by molar-refractivity contribution is 0.548. The van der Waals surface area contributed by atoms with E-state index in [1.165, 1.54) is 0 Å². The first kappa shape index (κ1) is 7.96. The summed E-state index contributed by atoms with van der Waals surface area (Å²) >= 11 is 2.99. The van der Waals surface area contributed by atoms with Gasteiger partial charge < -0.3 is 4.55 Å². The van der Waals surface area contributed by atoms with Crippen LogP contribution in [0.15, 0.2) is 0 Å². The Labute approximate surface area is 55.5 Å². The second-order valence-corrected chi connectivity index (χ2v) is 2.43. The summed E-state index contributed by atoms with van der Waals surface area (Å²) in [5, 5.41) is 1.48. The Morgan fingerprint density at radius 2 is 2.38 bits per heavy atom. The van der Waals surface area contributed by atoms with Crippen molar-refractivity contribution in [1.82, 2.24) is 0 Å². The van der Waals surface area contributed by atoms with Gasteiger partial charge in [0, 0.05) is 11.1 Å². The Morgan fingerprint density at radius 1 is 1.88 bits per heavy atom. The fourth-order valence-electron chi connectivity index (χ4n) is 0.129. The van der Waals surface area contributed by atoms with Gasteiger partial charge in [-0.15, -0.1) is 11.6 Å². The largest absolute Gasteiger partial charge is 0.762 e. The van der Waals surface area contributed by atoms with Crippen LogP contribution in [0.5, 0.6) is 0 Å². The lowest BCUT2D eigenvalue weighted by Gasteiger charge is -1.89. The van der Waals surface area contributed by atoms with Crippen molar-refractivity contribution in [2.45, 2.75) is 12.3 Å². The summed E-state index contributed by atoms with van der Waals surface area (Å²) in [7, 11) is 0. The summed E-state index contributed by atoms with van der Waals surface area (Å²) in [6.07, 6.45) is 0. The molecule has 0 N–H and O–H groups in total. The molecule has 0 bridgehead atoms. The number of halogens is 1. The SMILES string of the molecule is CC(Cl)C#CS(=O)[O-]. The monoisotopic (exact) mass is 151 g/mol. The highest BCUT2D eigenvalue weighted by molar-refractivity contribution is 7.84. The highest BCUT2D eigenvalue weighted by Crippen LogP contribution is 1.87. The van der Waals surface area contributed by atoms with Crippen molar-refractivity contribution in [1.29, 1.82) is 0 Å². The second kappa shape index (κ2) is 3.90. The van der Waals surface area contributed by atoms with E-state index in [2.05, 4.69) is 5.92 Å². The molecule has 0 aliphatic rings. The molecule has 0 aromatic heterocycles. The maximum Gasteiger partial charge on any atom is 0.0924 e. The first-order chi connectivity index (χ1) is 3.63. The van der Waals surface area contributed by atoms with Gasteiger partial charge >= 0.3 is 0 Å². The molecule has 0 amide bonds. The summed E-state index contributed by atoms with van der Waals surface area (Å²) in [5.74, 6) is 2.25. The first-order valence-electron chi connectivity index (χ1n) is 1.87. The van der Waals surface area contributed by atoms with E-state index in [1.54, 1.807) is 6.92 Å². The molecular formula is C4H4ClO2S-. The van der Waals surface area contributed by atoms with Gasteiger partial charge in [0.1, 0.15) is 0 Å². The van der Waals surface area contributed by atoms with E-state index in [0.29, 0.717) is 0 Å². The van der Waals surface area contributed by atoms with Gasteiger partial charge in [0.25, 0.3) is 0 Å². The summed E-state index contributed by atoms with van der Waals surface area (Å²) in [6.45, 7) is 1.60. The Kier molecular flexibility index (Phi) is 3.88. The minimum Gasteiger partial charge on any atom is -0.762 e. The Hall–Kier alpha value is -0.0400. The van der Waals surface area contributed by atoms with E-state index in [4.69, 9.17) is 11.6 Å². The average Bonchev–Trinajstić information content (AvgIpc) is 1.61. The van der Waals surface area contributed by atoms with Gasteiger partial charge in [-0.3, -0.25) is 4.21 Å². The van der Waals surface area contributed by atoms with Crippen LogP contribution in [0.1, 0.15) is 6.92 Å². The molecule has 0 aromatic rings. The van der Waals surface area contributed by atoms with Gasteiger partial charge in [-0.1, -0.05) is 5.92 Å². The molecule has 0 saturated heterocycles. The van der Waals surface area contributed by atoms with E-state index in [-0.39, 0.29) is 0 Å². The fourth-order valence-corrected chi connectivity index (χ4v) is 0.522. The lowest BCUT2D eigenvalue weighted by Crippen LogP contribution is -1.84. The minimum atomic E-state index is -2.28. The zero-order valence-corrected chi connectivity index (χ0v) is 5.75. The lowest BCUT2D eigenvalue weighted by atomic mass is 10.5. The topological polar surface area (TPSA) is 40.1 Å². The van der Waals surface area contributed by atoms with Crippen LogP contribution >= 0.6 is 11.6 Å². The van der Waals surface area contributed by atoms with E-state index in [9.17, 15) is 8.76 Å². The van der Waals surface area contributed by atoms with Crippen molar-refractivity contribution in [3.63, 3.8) is 0 Å². The third kappa shape index (κ3) is 5.96. The molecule has 2 nitrogen and oxygen atoms in total. The molecule has 0 radical (unpaired) electrons. The number of rotatable bonds is 0. The molecule has 46 valence electrons. The van der Waals surface area contributed by atoms with E-state index >= 15 is 0 Å². The molecule has 0 rings (SSSR count). The van der Waals surface area contributed by atoms with Gasteiger partial charge in [-0.05, 0) is 12.2 Å². The fraction of sp³-hybridized carbons (Fsp3) is 0.500. The zero-order valence-electron chi connectivity index (χ0n) is 4.18. The first-order valence-corrected chi connectivity index (χ1v) is 3.38. The molecule has 0 aliphatic carbocycles. The third-order valence-corrected chi connectivity index (χ3v) is 0.735. The molecular weight excluding hydrogens is 148 g/mol. The van der Waals surface area contributed by atoms with E-state index in [0.717, 1.165) is 0 Å². The molecule has 0 aromatic carbocycles. The van der Waals surface area contributed by atoms with Crippen molar-refractivity contribution < 1.29 is 8.76 Å². The predicted octanol–water partition coefficient (Wildman–Crippen LogP) is 0.454. The van der Waals surface area contributed by atoms with Gasteiger partial charge in [0.15, 0.2) is 0 Å². The smallest absolute Gasteiger partial charge is 0.0924 e. The summed E-state index contributed by atoms with van der Waals surface area (Å²) < 4.78 is 19.3. The van der Waals surface area contributed by atoms with Crippen molar-refractivity contribution in [2.24, 2.45) is 0 Å². The zero-order chi connectivity index (χ0) is 6.57. The van der Waals surface area contributed by atoms with Gasteiger partial charge in [0.2, 0.25) is 0 Å². The molecule has 8 heavy (non-hydrogen) atoms. The molecule has 2 atom stereocenters. The van der Waals surface area contributed by atoms with Crippen LogP contribution in [0, 0.1) is 11.2 Å². The van der Waals surface area contributed by atoms with Crippen molar-refractivity contribution >= 4 is 22.7 Å². The summed E-state index contributed by atoms with van der Waals surface area (Å²) in [6, 6.07) is 0. The highest BCUT2D eigenvalue weighted by atomic mass is 35.5. The predicted molar refractivity (Wildman–Crippen MR) is 32.0 cm³/mol. The molecule has 4 heteroatoms.